The first-order valence-electron chi connectivity index (χ1n) is 7.35. The maximum Gasteiger partial charge on any atom is 0.182 e. The minimum absolute atomic E-state index is 0.739. The van der Waals surface area contributed by atoms with Gasteiger partial charge in [0, 0.05) is 27.8 Å². The average Bonchev–Trinajstić information content (AvgIpc) is 2.37. The lowest BCUT2D eigenvalue weighted by Gasteiger charge is -2.27. The van der Waals surface area contributed by atoms with Crippen molar-refractivity contribution in [2.75, 3.05) is 89.1 Å². The fraction of sp³-hybridized carbons (Fsp3) is 1.00. The molecule has 0 N–H and O–H groups in total. The van der Waals surface area contributed by atoms with Crippen molar-refractivity contribution in [2.24, 2.45) is 0 Å². The van der Waals surface area contributed by atoms with E-state index in [1.807, 2.05) is 0 Å². The highest BCUT2D eigenvalue weighted by molar-refractivity contribution is 4.33. The standard InChI is InChI=1S/C8H20NO.C7H18NO2/c1-5-9(2,3)7-6-8-10-4;1-8(2,7-10-4)5-6-9-3/h5-8H2,1-4H3;5-7H2,1-4H3/q2*+1. The van der Waals surface area contributed by atoms with E-state index >= 15 is 0 Å². The molecule has 0 saturated carbocycles. The van der Waals surface area contributed by atoms with Crippen LogP contribution in [0.15, 0.2) is 0 Å². The van der Waals surface area contributed by atoms with Gasteiger partial charge in [-0.15, -0.1) is 0 Å². The number of likely N-dealkylation sites (N-methyl/N-ethyl adjacent to an activating group) is 1. The van der Waals surface area contributed by atoms with Crippen LogP contribution in [-0.4, -0.2) is 98.1 Å². The predicted molar refractivity (Wildman–Crippen MR) is 84.7 cm³/mol. The second-order valence-electron chi connectivity index (χ2n) is 6.39. The lowest BCUT2D eigenvalue weighted by atomic mass is 10.3. The van der Waals surface area contributed by atoms with Gasteiger partial charge in [-0.25, -0.2) is 0 Å². The Balaban J connectivity index is 0. The highest BCUT2D eigenvalue weighted by Gasteiger charge is 2.12. The summed E-state index contributed by atoms with van der Waals surface area (Å²) in [7, 11) is 13.9. The van der Waals surface area contributed by atoms with Gasteiger partial charge in [-0.2, -0.15) is 0 Å². The van der Waals surface area contributed by atoms with E-state index in [9.17, 15) is 0 Å². The Kier molecular flexibility index (Phi) is 13.8. The first-order valence-corrected chi connectivity index (χ1v) is 7.35. The van der Waals surface area contributed by atoms with Gasteiger partial charge < -0.3 is 23.2 Å². The van der Waals surface area contributed by atoms with Gasteiger partial charge in [0.05, 0.1) is 54.5 Å². The maximum atomic E-state index is 5.02. The van der Waals surface area contributed by atoms with Crippen LogP contribution in [0.25, 0.3) is 0 Å². The second-order valence-corrected chi connectivity index (χ2v) is 6.39. The van der Waals surface area contributed by atoms with Crippen LogP contribution in [0.1, 0.15) is 13.3 Å². The molecular weight excluding hydrogens is 256 g/mol. The maximum absolute atomic E-state index is 5.02. The van der Waals surface area contributed by atoms with E-state index in [4.69, 9.17) is 14.2 Å². The van der Waals surface area contributed by atoms with Gasteiger partial charge in [0.2, 0.25) is 0 Å². The summed E-state index contributed by atoms with van der Waals surface area (Å²) in [5.41, 5.74) is 0. The molecule has 0 aromatic rings. The molecule has 0 aliphatic carbocycles. The van der Waals surface area contributed by atoms with E-state index in [2.05, 4.69) is 35.1 Å². The summed E-state index contributed by atoms with van der Waals surface area (Å²) in [5.74, 6) is 0. The summed E-state index contributed by atoms with van der Waals surface area (Å²) in [4.78, 5) is 0. The minimum Gasteiger partial charge on any atom is -0.384 e. The SMILES string of the molecule is CC[N+](C)(C)CCCOC.COCC[N+](C)(C)COC. The summed E-state index contributed by atoms with van der Waals surface area (Å²) in [6.45, 7) is 8.03. The molecule has 0 aromatic heterocycles. The molecule has 0 aliphatic rings. The monoisotopic (exact) mass is 294 g/mol. The van der Waals surface area contributed by atoms with Crippen LogP contribution in [0.4, 0.5) is 0 Å². The summed E-state index contributed by atoms with van der Waals surface area (Å²) >= 11 is 0. The van der Waals surface area contributed by atoms with Crippen molar-refractivity contribution in [3.63, 3.8) is 0 Å². The Hall–Kier alpha value is -0.200. The third-order valence-electron chi connectivity index (χ3n) is 3.35. The second kappa shape index (κ2) is 12.5. The fourth-order valence-corrected chi connectivity index (χ4v) is 1.55. The predicted octanol–water partition coefficient (Wildman–Crippen LogP) is 1.43. The molecule has 0 aliphatic heterocycles. The van der Waals surface area contributed by atoms with Crippen molar-refractivity contribution in [1.29, 1.82) is 0 Å². The average molecular weight is 294 g/mol. The zero-order valence-electron chi connectivity index (χ0n) is 15.1. The molecule has 5 heteroatoms. The van der Waals surface area contributed by atoms with Crippen molar-refractivity contribution in [3.05, 3.63) is 0 Å². The third kappa shape index (κ3) is 15.9. The molecule has 20 heavy (non-hydrogen) atoms. The molecule has 0 aromatic carbocycles. The molecule has 0 amide bonds. The first-order chi connectivity index (χ1) is 9.24. The van der Waals surface area contributed by atoms with E-state index in [0.29, 0.717) is 0 Å². The summed E-state index contributed by atoms with van der Waals surface area (Å²) in [6.07, 6.45) is 1.16. The number of rotatable bonds is 10. The number of hydrogen-bond donors (Lipinski definition) is 0. The van der Waals surface area contributed by atoms with E-state index in [-0.39, 0.29) is 0 Å². The highest BCUT2D eigenvalue weighted by atomic mass is 16.5. The number of methoxy groups -OCH3 is 3. The number of ether oxygens (including phenoxy) is 3. The van der Waals surface area contributed by atoms with E-state index in [1.165, 1.54) is 13.1 Å². The molecule has 0 atom stereocenters. The Morgan fingerprint density at radius 2 is 1.25 bits per heavy atom. The third-order valence-corrected chi connectivity index (χ3v) is 3.35. The van der Waals surface area contributed by atoms with Gasteiger partial charge in [0.1, 0.15) is 6.54 Å². The van der Waals surface area contributed by atoms with Crippen molar-refractivity contribution >= 4 is 0 Å². The van der Waals surface area contributed by atoms with E-state index in [0.717, 1.165) is 41.9 Å². The molecule has 0 unspecified atom stereocenters. The Morgan fingerprint density at radius 3 is 1.65 bits per heavy atom. The van der Waals surface area contributed by atoms with Gasteiger partial charge in [-0.1, -0.05) is 0 Å². The van der Waals surface area contributed by atoms with Crippen LogP contribution < -0.4 is 0 Å². The van der Waals surface area contributed by atoms with Crippen LogP contribution in [0.2, 0.25) is 0 Å². The van der Waals surface area contributed by atoms with E-state index < -0.39 is 0 Å². The molecule has 0 heterocycles. The molecule has 0 spiro atoms. The zero-order chi connectivity index (χ0) is 16.1. The van der Waals surface area contributed by atoms with Gasteiger partial charge in [-0.3, -0.25) is 0 Å². The fourth-order valence-electron chi connectivity index (χ4n) is 1.55. The normalized spacial score (nSPS) is 12.0. The molecule has 0 radical (unpaired) electrons. The molecule has 0 bridgehead atoms. The first kappa shape index (κ1) is 22.1. The summed E-state index contributed by atoms with van der Waals surface area (Å²) in [5, 5.41) is 0. The molecule has 0 saturated heterocycles. The zero-order valence-corrected chi connectivity index (χ0v) is 15.1. The lowest BCUT2D eigenvalue weighted by Crippen LogP contribution is -2.43. The number of hydrogen-bond acceptors (Lipinski definition) is 3. The largest absolute Gasteiger partial charge is 0.384 e. The Labute approximate surface area is 126 Å². The lowest BCUT2D eigenvalue weighted by molar-refractivity contribution is -0.909. The Morgan fingerprint density at radius 1 is 0.700 bits per heavy atom. The van der Waals surface area contributed by atoms with Gasteiger partial charge in [0.25, 0.3) is 0 Å². The van der Waals surface area contributed by atoms with Crippen LogP contribution in [0.3, 0.4) is 0 Å². The minimum atomic E-state index is 0.739. The van der Waals surface area contributed by atoms with Crippen LogP contribution >= 0.6 is 0 Å². The topological polar surface area (TPSA) is 27.7 Å². The number of nitrogens with zero attached hydrogens (tertiary/aromatic N) is 2. The van der Waals surface area contributed by atoms with Crippen LogP contribution in [0, 0.1) is 0 Å². The van der Waals surface area contributed by atoms with Crippen molar-refractivity contribution in [1.82, 2.24) is 0 Å². The van der Waals surface area contributed by atoms with Gasteiger partial charge in [0.15, 0.2) is 6.73 Å². The number of quaternary nitrogens is 2. The molecule has 5 nitrogen and oxygen atoms in total. The van der Waals surface area contributed by atoms with Crippen molar-refractivity contribution < 1.29 is 23.2 Å². The summed E-state index contributed by atoms with van der Waals surface area (Å²) < 4.78 is 16.9. The van der Waals surface area contributed by atoms with E-state index in [1.54, 1.807) is 21.3 Å². The smallest absolute Gasteiger partial charge is 0.182 e. The summed E-state index contributed by atoms with van der Waals surface area (Å²) in [6, 6.07) is 0. The highest BCUT2D eigenvalue weighted by Crippen LogP contribution is 1.97. The Bertz CT molecular complexity index is 209. The van der Waals surface area contributed by atoms with Gasteiger partial charge in [-0.05, 0) is 6.92 Å². The van der Waals surface area contributed by atoms with Crippen LogP contribution in [0.5, 0.6) is 0 Å². The molecule has 0 rings (SSSR count). The van der Waals surface area contributed by atoms with Crippen LogP contribution in [-0.2, 0) is 14.2 Å². The molecule has 0 fully saturated rings. The molecule has 124 valence electrons. The van der Waals surface area contributed by atoms with Crippen molar-refractivity contribution in [3.8, 4) is 0 Å². The van der Waals surface area contributed by atoms with Gasteiger partial charge >= 0.3 is 0 Å². The molecular formula is C15H38N2O3+2. The van der Waals surface area contributed by atoms with Crippen molar-refractivity contribution in [2.45, 2.75) is 13.3 Å². The quantitative estimate of drug-likeness (QED) is 0.347.